The molecule has 0 radical (unpaired) electrons. The summed E-state index contributed by atoms with van der Waals surface area (Å²) in [5.74, 6) is 0.352. The van der Waals surface area contributed by atoms with Crippen LogP contribution in [0.15, 0.2) is 17.1 Å². The number of imidazole rings is 1. The van der Waals surface area contributed by atoms with Crippen molar-refractivity contribution in [3.63, 3.8) is 0 Å². The molecule has 2 rings (SSSR count). The largest absolute Gasteiger partial charge is 0.382 e. The summed E-state index contributed by atoms with van der Waals surface area (Å²) in [5.41, 5.74) is 6.74. The van der Waals surface area contributed by atoms with Crippen LogP contribution in [0, 0.1) is 0 Å². The Labute approximate surface area is 67.8 Å². The van der Waals surface area contributed by atoms with Crippen LogP contribution in [0.3, 0.4) is 0 Å². The van der Waals surface area contributed by atoms with Crippen LogP contribution in [-0.2, 0) is 7.05 Å². The van der Waals surface area contributed by atoms with Gasteiger partial charge in [0.15, 0.2) is 0 Å². The van der Waals surface area contributed by atoms with E-state index in [-0.39, 0.29) is 5.69 Å². The van der Waals surface area contributed by atoms with E-state index in [0.29, 0.717) is 11.3 Å². The standard InChI is InChI=1S/C7H8N4O/c1-11-4-2-3-9-6(8)5(4)10-7(11)12/h2-3H,1H3,(H2,8,9)(H,10,12). The number of aryl methyl sites for hydroxylation is 1. The number of anilines is 1. The fourth-order valence-electron chi connectivity index (χ4n) is 1.18. The number of nitrogen functional groups attached to an aromatic ring is 1. The van der Waals surface area contributed by atoms with Gasteiger partial charge in [0.05, 0.1) is 5.52 Å². The second-order valence-electron chi connectivity index (χ2n) is 2.58. The Hall–Kier alpha value is -1.78. The third-order valence-corrected chi connectivity index (χ3v) is 1.86. The molecule has 0 spiro atoms. The summed E-state index contributed by atoms with van der Waals surface area (Å²) in [6, 6.07) is 1.74. The van der Waals surface area contributed by atoms with Crippen molar-refractivity contribution >= 4 is 16.9 Å². The monoisotopic (exact) mass is 164 g/mol. The van der Waals surface area contributed by atoms with Gasteiger partial charge in [-0.3, -0.25) is 4.57 Å². The molecule has 62 valence electrons. The number of aromatic amines is 1. The smallest absolute Gasteiger partial charge is 0.326 e. The number of rotatable bonds is 0. The van der Waals surface area contributed by atoms with Crippen LogP contribution >= 0.6 is 0 Å². The van der Waals surface area contributed by atoms with Crippen molar-refractivity contribution in [3.8, 4) is 0 Å². The van der Waals surface area contributed by atoms with Crippen LogP contribution in [0.4, 0.5) is 5.82 Å². The number of nitrogens with two attached hydrogens (primary N) is 1. The maximum atomic E-state index is 11.1. The average molecular weight is 164 g/mol. The number of hydrogen-bond donors (Lipinski definition) is 2. The average Bonchev–Trinajstić information content (AvgIpc) is 2.32. The van der Waals surface area contributed by atoms with Crippen LogP contribution in [0.25, 0.3) is 11.0 Å². The molecule has 0 aliphatic heterocycles. The SMILES string of the molecule is Cn1c(=O)[nH]c2c(N)nccc21. The molecule has 0 fully saturated rings. The van der Waals surface area contributed by atoms with Crippen molar-refractivity contribution in [2.45, 2.75) is 0 Å². The summed E-state index contributed by atoms with van der Waals surface area (Å²) in [7, 11) is 1.68. The van der Waals surface area contributed by atoms with E-state index in [9.17, 15) is 4.79 Å². The highest BCUT2D eigenvalue weighted by Crippen LogP contribution is 2.12. The van der Waals surface area contributed by atoms with E-state index in [0.717, 1.165) is 5.52 Å². The summed E-state index contributed by atoms with van der Waals surface area (Å²) >= 11 is 0. The van der Waals surface area contributed by atoms with Crippen LogP contribution in [0.5, 0.6) is 0 Å². The maximum absolute atomic E-state index is 11.1. The zero-order valence-electron chi connectivity index (χ0n) is 6.53. The topological polar surface area (TPSA) is 76.7 Å². The van der Waals surface area contributed by atoms with E-state index in [1.807, 2.05) is 0 Å². The Kier molecular flexibility index (Phi) is 1.21. The Bertz CT molecular complexity index is 482. The van der Waals surface area contributed by atoms with Crippen LogP contribution in [0.2, 0.25) is 0 Å². The molecule has 5 nitrogen and oxygen atoms in total. The Morgan fingerprint density at radius 1 is 1.67 bits per heavy atom. The predicted molar refractivity (Wildman–Crippen MR) is 45.7 cm³/mol. The summed E-state index contributed by atoms with van der Waals surface area (Å²) in [6.07, 6.45) is 1.57. The van der Waals surface area contributed by atoms with Gasteiger partial charge in [-0.1, -0.05) is 0 Å². The molecule has 2 aromatic heterocycles. The van der Waals surface area contributed by atoms with Gasteiger partial charge in [0.1, 0.15) is 11.3 Å². The second-order valence-corrected chi connectivity index (χ2v) is 2.58. The van der Waals surface area contributed by atoms with Crippen molar-refractivity contribution in [3.05, 3.63) is 22.7 Å². The van der Waals surface area contributed by atoms with Crippen LogP contribution in [-0.4, -0.2) is 14.5 Å². The van der Waals surface area contributed by atoms with Gasteiger partial charge < -0.3 is 10.7 Å². The third-order valence-electron chi connectivity index (χ3n) is 1.86. The lowest BCUT2D eigenvalue weighted by Gasteiger charge is -1.93. The van der Waals surface area contributed by atoms with Gasteiger partial charge in [0, 0.05) is 13.2 Å². The van der Waals surface area contributed by atoms with Crippen LogP contribution in [0.1, 0.15) is 0 Å². The first-order chi connectivity index (χ1) is 5.70. The van der Waals surface area contributed by atoms with Gasteiger partial charge in [-0.05, 0) is 6.07 Å². The molecule has 0 aliphatic rings. The van der Waals surface area contributed by atoms with E-state index < -0.39 is 0 Å². The maximum Gasteiger partial charge on any atom is 0.326 e. The quantitative estimate of drug-likeness (QED) is 0.568. The Morgan fingerprint density at radius 2 is 2.42 bits per heavy atom. The summed E-state index contributed by atoms with van der Waals surface area (Å²) in [5, 5.41) is 0. The third kappa shape index (κ3) is 0.730. The zero-order valence-corrected chi connectivity index (χ0v) is 6.53. The van der Waals surface area contributed by atoms with Crippen molar-refractivity contribution in [2.75, 3.05) is 5.73 Å². The highest BCUT2D eigenvalue weighted by Gasteiger charge is 2.04. The lowest BCUT2D eigenvalue weighted by atomic mass is 10.4. The second kappa shape index (κ2) is 2.10. The molecule has 2 aromatic rings. The lowest BCUT2D eigenvalue weighted by molar-refractivity contribution is 0.891. The molecule has 5 heteroatoms. The van der Waals surface area contributed by atoms with E-state index in [1.165, 1.54) is 4.57 Å². The van der Waals surface area contributed by atoms with Gasteiger partial charge in [-0.15, -0.1) is 0 Å². The molecule has 0 amide bonds. The minimum absolute atomic E-state index is 0.176. The highest BCUT2D eigenvalue weighted by atomic mass is 16.1. The normalized spacial score (nSPS) is 10.8. The van der Waals surface area contributed by atoms with Crippen molar-refractivity contribution in [1.82, 2.24) is 14.5 Å². The predicted octanol–water partition coefficient (Wildman–Crippen LogP) is -0.156. The number of aromatic nitrogens is 3. The van der Waals surface area contributed by atoms with E-state index in [1.54, 1.807) is 19.3 Å². The molecule has 12 heavy (non-hydrogen) atoms. The first kappa shape index (κ1) is 6.90. The first-order valence-electron chi connectivity index (χ1n) is 3.49. The van der Waals surface area contributed by atoms with Gasteiger partial charge in [-0.2, -0.15) is 0 Å². The van der Waals surface area contributed by atoms with Crippen molar-refractivity contribution in [1.29, 1.82) is 0 Å². The summed E-state index contributed by atoms with van der Waals surface area (Å²) in [6.45, 7) is 0. The summed E-state index contributed by atoms with van der Waals surface area (Å²) in [4.78, 5) is 17.6. The molecule has 0 saturated carbocycles. The van der Waals surface area contributed by atoms with E-state index >= 15 is 0 Å². The number of H-pyrrole nitrogens is 1. The number of nitrogens with one attached hydrogen (secondary N) is 1. The molecule has 0 bridgehead atoms. The number of fused-ring (bicyclic) bond motifs is 1. The van der Waals surface area contributed by atoms with Crippen molar-refractivity contribution < 1.29 is 0 Å². The molecule has 0 aromatic carbocycles. The van der Waals surface area contributed by atoms with Crippen LogP contribution < -0.4 is 11.4 Å². The number of hydrogen-bond acceptors (Lipinski definition) is 3. The highest BCUT2D eigenvalue weighted by molar-refractivity contribution is 5.84. The lowest BCUT2D eigenvalue weighted by Crippen LogP contribution is -2.11. The number of nitrogens with zero attached hydrogens (tertiary/aromatic N) is 2. The molecule has 0 unspecified atom stereocenters. The Morgan fingerprint density at radius 3 is 3.08 bits per heavy atom. The minimum Gasteiger partial charge on any atom is -0.382 e. The fourth-order valence-corrected chi connectivity index (χ4v) is 1.18. The molecule has 0 aliphatic carbocycles. The van der Waals surface area contributed by atoms with Gasteiger partial charge in [-0.25, -0.2) is 9.78 Å². The number of pyridine rings is 1. The van der Waals surface area contributed by atoms with Gasteiger partial charge in [0.2, 0.25) is 0 Å². The first-order valence-corrected chi connectivity index (χ1v) is 3.49. The Balaban J connectivity index is 3.05. The summed E-state index contributed by atoms with van der Waals surface area (Å²) < 4.78 is 1.49. The van der Waals surface area contributed by atoms with Gasteiger partial charge in [0.25, 0.3) is 0 Å². The molecule has 0 atom stereocenters. The molecule has 2 heterocycles. The molecular formula is C7H8N4O. The van der Waals surface area contributed by atoms with Crippen molar-refractivity contribution in [2.24, 2.45) is 7.05 Å². The van der Waals surface area contributed by atoms with E-state index in [4.69, 9.17) is 5.73 Å². The fraction of sp³-hybridized carbons (Fsp3) is 0.143. The minimum atomic E-state index is -0.176. The molecule has 0 saturated heterocycles. The molecular weight excluding hydrogens is 156 g/mol. The molecule has 3 N–H and O–H groups in total. The zero-order chi connectivity index (χ0) is 8.72. The van der Waals surface area contributed by atoms with Gasteiger partial charge >= 0.3 is 5.69 Å². The van der Waals surface area contributed by atoms with E-state index in [2.05, 4.69) is 9.97 Å².